The number of rotatable bonds is 23. The van der Waals surface area contributed by atoms with Crippen molar-refractivity contribution in [3.63, 3.8) is 0 Å². The smallest absolute Gasteiger partial charge is 0.418 e. The zero-order valence-corrected chi connectivity index (χ0v) is 24.1. The molecule has 1 aromatic rings. The Bertz CT molecular complexity index is 591. The second kappa shape index (κ2) is 25.5. The lowest BCUT2D eigenvalue weighted by Crippen LogP contribution is -2.19. The van der Waals surface area contributed by atoms with Gasteiger partial charge in [-0.05, 0) is 29.3 Å². The molecular formula is C29H53BF4O2S. The second-order valence-corrected chi connectivity index (χ2v) is 12.3. The van der Waals surface area contributed by atoms with Crippen LogP contribution in [0.5, 0.6) is 0 Å². The predicted molar refractivity (Wildman–Crippen MR) is 155 cm³/mol. The molecule has 2 N–H and O–H groups in total. The van der Waals surface area contributed by atoms with Crippen LogP contribution >= 0.6 is 0 Å². The Morgan fingerprint density at radius 3 is 1.24 bits per heavy atom. The Balaban J connectivity index is 0.00000235. The van der Waals surface area contributed by atoms with Gasteiger partial charge in [0.25, 0.3) is 0 Å². The molecule has 2 nitrogen and oxygen atoms in total. The van der Waals surface area contributed by atoms with E-state index < -0.39 is 7.25 Å². The Morgan fingerprint density at radius 2 is 0.892 bits per heavy atom. The number of hydrogen-bond acceptors (Lipinski definition) is 2. The van der Waals surface area contributed by atoms with Crippen LogP contribution in [0.25, 0.3) is 0 Å². The van der Waals surface area contributed by atoms with E-state index >= 15 is 0 Å². The first-order valence-corrected chi connectivity index (χ1v) is 16.3. The summed E-state index contributed by atoms with van der Waals surface area (Å²) in [5.41, 5.74) is 2.79. The zero-order chi connectivity index (χ0) is 27.6. The normalized spacial score (nSPS) is 11.6. The van der Waals surface area contributed by atoms with E-state index in [0.29, 0.717) is 0 Å². The van der Waals surface area contributed by atoms with E-state index in [2.05, 4.69) is 31.2 Å². The molecule has 0 unspecified atom stereocenters. The van der Waals surface area contributed by atoms with Crippen molar-refractivity contribution in [3.8, 4) is 0 Å². The van der Waals surface area contributed by atoms with Crippen molar-refractivity contribution >= 4 is 18.1 Å². The molecule has 0 saturated heterocycles. The highest BCUT2D eigenvalue weighted by atomic mass is 32.2. The fourth-order valence-corrected chi connectivity index (χ4v) is 6.09. The molecule has 37 heavy (non-hydrogen) atoms. The topological polar surface area (TPSA) is 40.5 Å². The Labute approximate surface area is 227 Å². The van der Waals surface area contributed by atoms with E-state index in [1.807, 2.05) is 0 Å². The van der Waals surface area contributed by atoms with Gasteiger partial charge in [0.1, 0.15) is 17.3 Å². The molecular weight excluding hydrogens is 499 g/mol. The molecule has 0 heterocycles. The molecule has 8 heteroatoms. The number of halogens is 4. The number of hydrogen-bond donors (Lipinski definition) is 2. The van der Waals surface area contributed by atoms with E-state index in [1.54, 1.807) is 0 Å². The number of benzene rings is 1. The fraction of sp³-hybridized carbons (Fsp3) is 0.793. The van der Waals surface area contributed by atoms with Crippen LogP contribution in [0.2, 0.25) is 0 Å². The molecule has 0 atom stereocenters. The monoisotopic (exact) mass is 552 g/mol. The van der Waals surface area contributed by atoms with Crippen LogP contribution in [0.3, 0.4) is 0 Å². The molecule has 1 rings (SSSR count). The summed E-state index contributed by atoms with van der Waals surface area (Å²) in [6, 6.07) is 9.05. The highest BCUT2D eigenvalue weighted by molar-refractivity contribution is 7.96. The third kappa shape index (κ3) is 28.1. The molecule has 0 aliphatic heterocycles. The second-order valence-electron chi connectivity index (χ2n) is 9.98. The van der Waals surface area contributed by atoms with E-state index in [1.165, 1.54) is 120 Å². The maximum absolute atomic E-state index is 9.75. The summed E-state index contributed by atoms with van der Waals surface area (Å²) in [6.45, 7) is 2.74. The van der Waals surface area contributed by atoms with Crippen molar-refractivity contribution in [2.75, 3.05) is 24.7 Å². The molecule has 0 aromatic heterocycles. The lowest BCUT2D eigenvalue weighted by Gasteiger charge is -2.08. The van der Waals surface area contributed by atoms with Gasteiger partial charge in [0.05, 0.1) is 13.2 Å². The summed E-state index contributed by atoms with van der Waals surface area (Å²) < 4.78 is 39.0. The van der Waals surface area contributed by atoms with Crippen LogP contribution in [0, 0.1) is 0 Å². The van der Waals surface area contributed by atoms with E-state index in [4.69, 9.17) is 0 Å². The maximum atomic E-state index is 9.75. The van der Waals surface area contributed by atoms with Gasteiger partial charge in [-0.1, -0.05) is 128 Å². The molecule has 0 saturated carbocycles. The van der Waals surface area contributed by atoms with Gasteiger partial charge in [0.15, 0.2) is 0 Å². The molecule has 0 bridgehead atoms. The first-order valence-electron chi connectivity index (χ1n) is 14.6. The summed E-state index contributed by atoms with van der Waals surface area (Å²) in [5, 5.41) is 18.4. The third-order valence-electron chi connectivity index (χ3n) is 6.47. The average Bonchev–Trinajstić information content (AvgIpc) is 2.84. The lowest BCUT2D eigenvalue weighted by atomic mass is 10.0. The van der Waals surface area contributed by atoms with Gasteiger partial charge in [0.2, 0.25) is 0 Å². The van der Waals surface area contributed by atoms with Crippen LogP contribution in [-0.2, 0) is 23.1 Å². The van der Waals surface area contributed by atoms with Crippen molar-refractivity contribution in [1.29, 1.82) is 0 Å². The minimum absolute atomic E-state index is 0.102. The van der Waals surface area contributed by atoms with Gasteiger partial charge in [-0.15, -0.1) is 0 Å². The fourth-order valence-electron chi connectivity index (χ4n) is 4.42. The molecule has 1 aromatic carbocycles. The minimum Gasteiger partial charge on any atom is -0.418 e. The van der Waals surface area contributed by atoms with Crippen LogP contribution in [-0.4, -0.2) is 42.2 Å². The standard InChI is InChI=1S/C29H53O2S.BF4/c1-2-3-4-5-6-7-8-9-10-11-12-13-14-15-16-17-18-28-19-21-29(22-20-28)27-32(25-23-30)26-24-31;2-1(3,4)5/h19-22,30-31H,2-18,23-27H2,1H3;/q+1;-1. The van der Waals surface area contributed by atoms with Crippen molar-refractivity contribution in [2.24, 2.45) is 0 Å². The molecule has 0 aliphatic rings. The summed E-state index contributed by atoms with van der Waals surface area (Å²) in [6.07, 6.45) is 23.9. The molecule has 0 spiro atoms. The summed E-state index contributed by atoms with van der Waals surface area (Å²) >= 11 is 0. The SMILES string of the molecule is CCCCCCCCCCCCCCCCCCc1ccc(C[S+](CCO)CCO)cc1.F[B-](F)(F)F. The van der Waals surface area contributed by atoms with Gasteiger partial charge in [0, 0.05) is 5.56 Å². The van der Waals surface area contributed by atoms with Crippen LogP contribution in [0.1, 0.15) is 121 Å². The number of aliphatic hydroxyl groups is 2. The highest BCUT2D eigenvalue weighted by Crippen LogP contribution is 2.16. The van der Waals surface area contributed by atoms with Crippen molar-refractivity contribution in [1.82, 2.24) is 0 Å². The Morgan fingerprint density at radius 1 is 0.568 bits per heavy atom. The number of aliphatic hydroxyl groups excluding tert-OH is 2. The molecule has 0 aliphatic carbocycles. The van der Waals surface area contributed by atoms with Gasteiger partial charge in [-0.3, -0.25) is 0 Å². The summed E-state index contributed by atoms with van der Waals surface area (Å²) in [7, 11) is -5.90. The quantitative estimate of drug-likeness (QED) is 0.0616. The molecule has 0 radical (unpaired) electrons. The van der Waals surface area contributed by atoms with Gasteiger partial charge >= 0.3 is 7.25 Å². The van der Waals surface area contributed by atoms with E-state index in [9.17, 15) is 27.5 Å². The van der Waals surface area contributed by atoms with Gasteiger partial charge in [-0.2, -0.15) is 0 Å². The first-order chi connectivity index (χ1) is 17.8. The Kier molecular flexibility index (Phi) is 25.0. The number of aryl methyl sites for hydroxylation is 1. The third-order valence-corrected chi connectivity index (χ3v) is 8.73. The largest absolute Gasteiger partial charge is 0.673 e. The highest BCUT2D eigenvalue weighted by Gasteiger charge is 2.20. The number of unbranched alkanes of at least 4 members (excludes halogenated alkanes) is 15. The Hall–Kier alpha value is -0.725. The van der Waals surface area contributed by atoms with Crippen LogP contribution < -0.4 is 0 Å². The van der Waals surface area contributed by atoms with E-state index in [0.717, 1.165) is 17.3 Å². The van der Waals surface area contributed by atoms with Crippen LogP contribution in [0.15, 0.2) is 24.3 Å². The van der Waals surface area contributed by atoms with Crippen molar-refractivity contribution in [3.05, 3.63) is 35.4 Å². The van der Waals surface area contributed by atoms with Gasteiger partial charge < -0.3 is 27.5 Å². The van der Waals surface area contributed by atoms with Crippen LogP contribution in [0.4, 0.5) is 17.3 Å². The molecule has 0 amide bonds. The minimum atomic E-state index is -6.00. The lowest BCUT2D eigenvalue weighted by molar-refractivity contribution is 0.316. The zero-order valence-electron chi connectivity index (χ0n) is 23.3. The van der Waals surface area contributed by atoms with Crippen molar-refractivity contribution in [2.45, 2.75) is 122 Å². The van der Waals surface area contributed by atoms with Gasteiger partial charge in [-0.25, -0.2) is 0 Å². The predicted octanol–water partition coefficient (Wildman–Crippen LogP) is 8.89. The maximum Gasteiger partial charge on any atom is 0.673 e. The average molecular weight is 553 g/mol. The first kappa shape index (κ1) is 36.3. The summed E-state index contributed by atoms with van der Waals surface area (Å²) in [4.78, 5) is 0. The van der Waals surface area contributed by atoms with Crippen molar-refractivity contribution < 1.29 is 27.5 Å². The summed E-state index contributed by atoms with van der Waals surface area (Å²) in [5.74, 6) is 2.60. The molecule has 0 fully saturated rings. The van der Waals surface area contributed by atoms with E-state index in [-0.39, 0.29) is 24.1 Å². The molecule has 218 valence electrons.